The highest BCUT2D eigenvalue weighted by atomic mass is 16.5. The summed E-state index contributed by atoms with van der Waals surface area (Å²) in [6.07, 6.45) is 2.88. The Morgan fingerprint density at radius 1 is 1.27 bits per heavy atom. The number of carbonyl (C=O) groups is 2. The molecule has 1 aromatic carbocycles. The molecular formula is C17H20N2O3. The fraction of sp³-hybridized carbons (Fsp3) is 0.294. The maximum absolute atomic E-state index is 12.1. The molecule has 116 valence electrons. The van der Waals surface area contributed by atoms with Gasteiger partial charge in [-0.05, 0) is 38.1 Å². The van der Waals surface area contributed by atoms with Crippen LogP contribution in [-0.4, -0.2) is 22.9 Å². The van der Waals surface area contributed by atoms with Crippen molar-refractivity contribution in [1.29, 1.82) is 0 Å². The first-order chi connectivity index (χ1) is 10.6. The monoisotopic (exact) mass is 300 g/mol. The molecule has 0 aliphatic rings. The van der Waals surface area contributed by atoms with E-state index >= 15 is 0 Å². The summed E-state index contributed by atoms with van der Waals surface area (Å²) in [5.41, 5.74) is 1.22. The van der Waals surface area contributed by atoms with Gasteiger partial charge in [0.15, 0.2) is 6.29 Å². The zero-order valence-electron chi connectivity index (χ0n) is 12.8. The molecule has 5 nitrogen and oxygen atoms in total. The highest BCUT2D eigenvalue weighted by molar-refractivity contribution is 5.92. The molecule has 1 heterocycles. The summed E-state index contributed by atoms with van der Waals surface area (Å²) in [6, 6.07) is 10.8. The van der Waals surface area contributed by atoms with E-state index in [9.17, 15) is 9.59 Å². The molecule has 2 rings (SSSR count). The normalized spacial score (nSPS) is 10.5. The number of aldehydes is 1. The Labute approximate surface area is 129 Å². The van der Waals surface area contributed by atoms with Crippen LogP contribution in [0, 0.1) is 0 Å². The highest BCUT2D eigenvalue weighted by Crippen LogP contribution is 2.24. The number of nitrogens with one attached hydrogen (secondary N) is 1. The zero-order valence-corrected chi connectivity index (χ0v) is 12.8. The Hall–Kier alpha value is -2.56. The standard InChI is InChI=1S/C17H20N2O3/c1-13(2)22-16-8-4-3-7-15(16)18-17(21)9-11-19-10-5-6-14(19)12-20/h3-8,10,12-13H,9,11H2,1-2H3,(H,18,21). The Kier molecular flexibility index (Phi) is 5.36. The maximum Gasteiger partial charge on any atom is 0.226 e. The molecule has 0 aliphatic carbocycles. The Morgan fingerprint density at radius 3 is 2.77 bits per heavy atom. The van der Waals surface area contributed by atoms with Crippen LogP contribution in [0.25, 0.3) is 0 Å². The number of benzene rings is 1. The predicted molar refractivity (Wildman–Crippen MR) is 85.3 cm³/mol. The quantitative estimate of drug-likeness (QED) is 0.799. The lowest BCUT2D eigenvalue weighted by Gasteiger charge is -2.15. The second-order valence-corrected chi connectivity index (χ2v) is 5.21. The average Bonchev–Trinajstić information content (AvgIpc) is 2.94. The minimum absolute atomic E-state index is 0.0353. The van der Waals surface area contributed by atoms with E-state index in [1.807, 2.05) is 38.1 Å². The van der Waals surface area contributed by atoms with Gasteiger partial charge in [-0.1, -0.05) is 12.1 Å². The molecule has 0 spiro atoms. The first-order valence-electron chi connectivity index (χ1n) is 7.26. The number of anilines is 1. The lowest BCUT2D eigenvalue weighted by Crippen LogP contribution is -2.16. The summed E-state index contributed by atoms with van der Waals surface area (Å²) in [6.45, 7) is 4.33. The molecule has 0 bridgehead atoms. The van der Waals surface area contributed by atoms with Crippen LogP contribution in [0.1, 0.15) is 30.8 Å². The first-order valence-corrected chi connectivity index (χ1v) is 7.26. The SMILES string of the molecule is CC(C)Oc1ccccc1NC(=O)CCn1cccc1C=O. The van der Waals surface area contributed by atoms with E-state index in [0.29, 0.717) is 23.7 Å². The van der Waals surface area contributed by atoms with Crippen molar-refractivity contribution in [2.45, 2.75) is 32.9 Å². The Morgan fingerprint density at radius 2 is 2.05 bits per heavy atom. The molecule has 1 aromatic heterocycles. The number of hydrogen-bond acceptors (Lipinski definition) is 3. The number of aromatic nitrogens is 1. The molecule has 0 unspecified atom stereocenters. The smallest absolute Gasteiger partial charge is 0.226 e. The summed E-state index contributed by atoms with van der Waals surface area (Å²) in [5.74, 6) is 0.533. The van der Waals surface area contributed by atoms with Gasteiger partial charge >= 0.3 is 0 Å². The van der Waals surface area contributed by atoms with Gasteiger partial charge in [0.05, 0.1) is 17.5 Å². The molecule has 0 fully saturated rings. The molecule has 22 heavy (non-hydrogen) atoms. The minimum Gasteiger partial charge on any atom is -0.489 e. The first kappa shape index (κ1) is 15.8. The number of rotatable bonds is 7. The van der Waals surface area contributed by atoms with Crippen molar-refractivity contribution in [3.63, 3.8) is 0 Å². The largest absolute Gasteiger partial charge is 0.489 e. The lowest BCUT2D eigenvalue weighted by molar-refractivity contribution is -0.116. The Balaban J connectivity index is 1.96. The summed E-state index contributed by atoms with van der Waals surface area (Å²) < 4.78 is 7.42. The molecule has 0 saturated heterocycles. The lowest BCUT2D eigenvalue weighted by atomic mass is 10.2. The molecule has 2 aromatic rings. The van der Waals surface area contributed by atoms with Crippen molar-refractivity contribution >= 4 is 17.9 Å². The van der Waals surface area contributed by atoms with Crippen molar-refractivity contribution in [3.05, 3.63) is 48.3 Å². The molecule has 5 heteroatoms. The highest BCUT2D eigenvalue weighted by Gasteiger charge is 2.09. The number of para-hydroxylation sites is 2. The third-order valence-corrected chi connectivity index (χ3v) is 3.09. The number of amides is 1. The average molecular weight is 300 g/mol. The van der Waals surface area contributed by atoms with Gasteiger partial charge in [-0.15, -0.1) is 0 Å². The van der Waals surface area contributed by atoms with Gasteiger partial charge < -0.3 is 14.6 Å². The molecular weight excluding hydrogens is 280 g/mol. The van der Waals surface area contributed by atoms with Gasteiger partial charge in [-0.2, -0.15) is 0 Å². The second-order valence-electron chi connectivity index (χ2n) is 5.21. The summed E-state index contributed by atoms with van der Waals surface area (Å²) in [5, 5.41) is 2.85. The third kappa shape index (κ3) is 4.22. The fourth-order valence-electron chi connectivity index (χ4n) is 2.10. The number of nitrogens with zero attached hydrogens (tertiary/aromatic N) is 1. The number of carbonyl (C=O) groups excluding carboxylic acids is 2. The van der Waals surface area contributed by atoms with Crippen LogP contribution in [0.15, 0.2) is 42.6 Å². The zero-order chi connectivity index (χ0) is 15.9. The molecule has 1 amide bonds. The van der Waals surface area contributed by atoms with Crippen molar-refractivity contribution in [2.75, 3.05) is 5.32 Å². The number of hydrogen-bond donors (Lipinski definition) is 1. The van der Waals surface area contributed by atoms with Crippen LogP contribution in [0.2, 0.25) is 0 Å². The van der Waals surface area contributed by atoms with Gasteiger partial charge in [0.1, 0.15) is 5.75 Å². The maximum atomic E-state index is 12.1. The minimum atomic E-state index is -0.120. The fourth-order valence-corrected chi connectivity index (χ4v) is 2.10. The van der Waals surface area contributed by atoms with E-state index in [-0.39, 0.29) is 18.4 Å². The van der Waals surface area contributed by atoms with E-state index < -0.39 is 0 Å². The van der Waals surface area contributed by atoms with Crippen LogP contribution in [0.5, 0.6) is 5.75 Å². The van der Waals surface area contributed by atoms with Crippen LogP contribution >= 0.6 is 0 Å². The second kappa shape index (κ2) is 7.45. The van der Waals surface area contributed by atoms with Crippen LogP contribution < -0.4 is 10.1 Å². The van der Waals surface area contributed by atoms with Crippen molar-refractivity contribution in [3.8, 4) is 5.75 Å². The van der Waals surface area contributed by atoms with Crippen LogP contribution in [0.3, 0.4) is 0 Å². The van der Waals surface area contributed by atoms with Crippen molar-refractivity contribution < 1.29 is 14.3 Å². The summed E-state index contributed by atoms with van der Waals surface area (Å²) >= 11 is 0. The van der Waals surface area contributed by atoms with Crippen molar-refractivity contribution in [2.24, 2.45) is 0 Å². The van der Waals surface area contributed by atoms with Gasteiger partial charge in [-0.3, -0.25) is 9.59 Å². The van der Waals surface area contributed by atoms with E-state index in [1.165, 1.54) is 0 Å². The van der Waals surface area contributed by atoms with Crippen LogP contribution in [-0.2, 0) is 11.3 Å². The summed E-state index contributed by atoms with van der Waals surface area (Å²) in [4.78, 5) is 22.9. The van der Waals surface area contributed by atoms with Gasteiger partial charge in [0.25, 0.3) is 0 Å². The van der Waals surface area contributed by atoms with E-state index in [2.05, 4.69) is 5.32 Å². The van der Waals surface area contributed by atoms with Gasteiger partial charge in [0.2, 0.25) is 5.91 Å². The van der Waals surface area contributed by atoms with Gasteiger partial charge in [-0.25, -0.2) is 0 Å². The Bertz CT molecular complexity index is 647. The van der Waals surface area contributed by atoms with Crippen LogP contribution in [0.4, 0.5) is 5.69 Å². The number of aryl methyl sites for hydroxylation is 1. The van der Waals surface area contributed by atoms with E-state index in [0.717, 1.165) is 6.29 Å². The van der Waals surface area contributed by atoms with Crippen molar-refractivity contribution in [1.82, 2.24) is 4.57 Å². The predicted octanol–water partition coefficient (Wildman–Crippen LogP) is 3.12. The van der Waals surface area contributed by atoms with Gasteiger partial charge in [0, 0.05) is 19.2 Å². The molecule has 1 N–H and O–H groups in total. The third-order valence-electron chi connectivity index (χ3n) is 3.09. The van der Waals surface area contributed by atoms with E-state index in [4.69, 9.17) is 4.74 Å². The number of ether oxygens (including phenoxy) is 1. The topological polar surface area (TPSA) is 60.3 Å². The van der Waals surface area contributed by atoms with E-state index in [1.54, 1.807) is 22.9 Å². The molecule has 0 radical (unpaired) electrons. The summed E-state index contributed by atoms with van der Waals surface area (Å²) in [7, 11) is 0. The molecule has 0 saturated carbocycles. The molecule has 0 aliphatic heterocycles. The molecule has 0 atom stereocenters.